The highest BCUT2D eigenvalue weighted by molar-refractivity contribution is 4.94. The number of rotatable bonds is 3. The molecular weight excluding hydrogens is 176 g/mol. The minimum atomic E-state index is 0.160. The van der Waals surface area contributed by atoms with Crippen LogP contribution in [0.1, 0.15) is 26.7 Å². The lowest BCUT2D eigenvalue weighted by molar-refractivity contribution is -0.0758. The summed E-state index contributed by atoms with van der Waals surface area (Å²) in [6.07, 6.45) is 2.49. The maximum atomic E-state index is 5.90. The standard InChI is InChI=1S/C11H24N2O/c1-9(2)10-7-11(8-12,13(3)4)5-6-14-10/h9-10H,5-8,12H2,1-4H3. The molecule has 84 valence electrons. The molecule has 2 unspecified atom stereocenters. The first-order valence-electron chi connectivity index (χ1n) is 5.51. The van der Waals surface area contributed by atoms with Crippen molar-refractivity contribution < 1.29 is 4.74 Å². The van der Waals surface area contributed by atoms with E-state index in [2.05, 4.69) is 32.8 Å². The number of nitrogens with zero attached hydrogens (tertiary/aromatic N) is 1. The van der Waals surface area contributed by atoms with Crippen LogP contribution >= 0.6 is 0 Å². The fourth-order valence-electron chi connectivity index (χ4n) is 2.14. The van der Waals surface area contributed by atoms with Gasteiger partial charge in [-0.25, -0.2) is 0 Å². The maximum Gasteiger partial charge on any atom is 0.0616 e. The Morgan fingerprint density at radius 3 is 2.57 bits per heavy atom. The van der Waals surface area contributed by atoms with Crippen molar-refractivity contribution in [2.24, 2.45) is 11.7 Å². The molecule has 0 aromatic carbocycles. The number of ether oxygens (including phenoxy) is 1. The summed E-state index contributed by atoms with van der Waals surface area (Å²) < 4.78 is 5.76. The monoisotopic (exact) mass is 200 g/mol. The molecule has 1 rings (SSSR count). The van der Waals surface area contributed by atoms with Gasteiger partial charge in [0.2, 0.25) is 0 Å². The van der Waals surface area contributed by atoms with Gasteiger partial charge in [0.05, 0.1) is 6.10 Å². The highest BCUT2D eigenvalue weighted by Crippen LogP contribution is 2.31. The van der Waals surface area contributed by atoms with Crippen molar-refractivity contribution in [1.29, 1.82) is 0 Å². The summed E-state index contributed by atoms with van der Waals surface area (Å²) in [5.74, 6) is 0.584. The third-order valence-corrected chi connectivity index (χ3v) is 3.55. The molecule has 2 atom stereocenters. The number of nitrogens with two attached hydrogens (primary N) is 1. The topological polar surface area (TPSA) is 38.5 Å². The fraction of sp³-hybridized carbons (Fsp3) is 1.00. The molecule has 0 amide bonds. The van der Waals surface area contributed by atoms with E-state index < -0.39 is 0 Å². The average molecular weight is 200 g/mol. The summed E-state index contributed by atoms with van der Waals surface area (Å²) >= 11 is 0. The highest BCUT2D eigenvalue weighted by atomic mass is 16.5. The lowest BCUT2D eigenvalue weighted by Gasteiger charge is -2.46. The molecule has 14 heavy (non-hydrogen) atoms. The quantitative estimate of drug-likeness (QED) is 0.741. The van der Waals surface area contributed by atoms with Crippen molar-refractivity contribution in [3.05, 3.63) is 0 Å². The number of hydrogen-bond acceptors (Lipinski definition) is 3. The molecule has 0 aromatic heterocycles. The van der Waals surface area contributed by atoms with E-state index in [0.29, 0.717) is 12.0 Å². The Morgan fingerprint density at radius 1 is 1.50 bits per heavy atom. The Hall–Kier alpha value is -0.120. The second-order valence-corrected chi connectivity index (χ2v) is 4.93. The van der Waals surface area contributed by atoms with Crippen LogP contribution in [0.3, 0.4) is 0 Å². The van der Waals surface area contributed by atoms with E-state index in [9.17, 15) is 0 Å². The molecular formula is C11H24N2O. The Morgan fingerprint density at radius 2 is 2.14 bits per heavy atom. The molecule has 0 aliphatic carbocycles. The van der Waals surface area contributed by atoms with Crippen LogP contribution in [0.5, 0.6) is 0 Å². The first-order chi connectivity index (χ1) is 6.52. The summed E-state index contributed by atoms with van der Waals surface area (Å²) in [6.45, 7) is 6.00. The van der Waals surface area contributed by atoms with Gasteiger partial charge >= 0.3 is 0 Å². The third kappa shape index (κ3) is 2.27. The Balaban J connectivity index is 2.69. The molecule has 3 heteroatoms. The number of hydrogen-bond donors (Lipinski definition) is 1. The fourth-order valence-corrected chi connectivity index (χ4v) is 2.14. The SMILES string of the molecule is CC(C)C1CC(CN)(N(C)C)CCO1. The smallest absolute Gasteiger partial charge is 0.0616 e. The molecule has 0 radical (unpaired) electrons. The molecule has 0 spiro atoms. The van der Waals surface area contributed by atoms with Crippen molar-refractivity contribution >= 4 is 0 Å². The maximum absolute atomic E-state index is 5.90. The summed E-state index contributed by atoms with van der Waals surface area (Å²) in [6, 6.07) is 0. The van der Waals surface area contributed by atoms with Crippen molar-refractivity contribution in [1.82, 2.24) is 4.90 Å². The predicted molar refractivity (Wildman–Crippen MR) is 59.3 cm³/mol. The van der Waals surface area contributed by atoms with Gasteiger partial charge < -0.3 is 15.4 Å². The normalized spacial score (nSPS) is 34.1. The summed E-state index contributed by atoms with van der Waals surface area (Å²) in [5.41, 5.74) is 6.06. The van der Waals surface area contributed by atoms with E-state index in [1.807, 2.05) is 0 Å². The average Bonchev–Trinajstić information content (AvgIpc) is 2.17. The molecule has 1 fully saturated rings. The largest absolute Gasteiger partial charge is 0.378 e. The third-order valence-electron chi connectivity index (χ3n) is 3.55. The van der Waals surface area contributed by atoms with Crippen molar-refractivity contribution in [3.63, 3.8) is 0 Å². The van der Waals surface area contributed by atoms with Crippen LogP contribution in [0.15, 0.2) is 0 Å². The van der Waals surface area contributed by atoms with Crippen LogP contribution in [-0.4, -0.2) is 43.8 Å². The molecule has 1 aliphatic heterocycles. The molecule has 0 bridgehead atoms. The summed E-state index contributed by atoms with van der Waals surface area (Å²) in [4.78, 5) is 2.27. The van der Waals surface area contributed by atoms with Crippen LogP contribution in [0.2, 0.25) is 0 Å². The Kier molecular flexibility index (Phi) is 3.93. The van der Waals surface area contributed by atoms with E-state index in [-0.39, 0.29) is 5.54 Å². The van der Waals surface area contributed by atoms with Gasteiger partial charge in [0.25, 0.3) is 0 Å². The highest BCUT2D eigenvalue weighted by Gasteiger charge is 2.38. The van der Waals surface area contributed by atoms with Gasteiger partial charge in [0.1, 0.15) is 0 Å². The first kappa shape index (κ1) is 12.0. The zero-order valence-electron chi connectivity index (χ0n) is 9.92. The van der Waals surface area contributed by atoms with Gasteiger partial charge in [-0.3, -0.25) is 0 Å². The van der Waals surface area contributed by atoms with Gasteiger partial charge in [0, 0.05) is 18.7 Å². The molecule has 1 saturated heterocycles. The van der Waals surface area contributed by atoms with Crippen molar-refractivity contribution in [2.75, 3.05) is 27.2 Å². The van der Waals surface area contributed by atoms with Crippen LogP contribution in [0.4, 0.5) is 0 Å². The second-order valence-electron chi connectivity index (χ2n) is 4.93. The van der Waals surface area contributed by atoms with Crippen LogP contribution in [-0.2, 0) is 4.74 Å². The van der Waals surface area contributed by atoms with Gasteiger partial charge in [-0.15, -0.1) is 0 Å². The van der Waals surface area contributed by atoms with E-state index in [1.165, 1.54) is 0 Å². The first-order valence-corrected chi connectivity index (χ1v) is 5.51. The lowest BCUT2D eigenvalue weighted by atomic mass is 9.82. The lowest BCUT2D eigenvalue weighted by Crippen LogP contribution is -2.56. The van der Waals surface area contributed by atoms with E-state index in [1.54, 1.807) is 0 Å². The van der Waals surface area contributed by atoms with Crippen molar-refractivity contribution in [3.8, 4) is 0 Å². The van der Waals surface area contributed by atoms with Crippen LogP contribution < -0.4 is 5.73 Å². The van der Waals surface area contributed by atoms with E-state index in [4.69, 9.17) is 10.5 Å². The zero-order chi connectivity index (χ0) is 10.8. The second kappa shape index (κ2) is 4.60. The molecule has 1 aliphatic rings. The van der Waals surface area contributed by atoms with Gasteiger partial charge in [0.15, 0.2) is 0 Å². The van der Waals surface area contributed by atoms with Gasteiger partial charge in [-0.2, -0.15) is 0 Å². The molecule has 3 nitrogen and oxygen atoms in total. The summed E-state index contributed by atoms with van der Waals surface area (Å²) in [5, 5.41) is 0. The van der Waals surface area contributed by atoms with E-state index in [0.717, 1.165) is 26.0 Å². The molecule has 0 aromatic rings. The Labute approximate surface area is 87.6 Å². The Bertz CT molecular complexity index is 182. The molecule has 2 N–H and O–H groups in total. The van der Waals surface area contributed by atoms with Gasteiger partial charge in [-0.1, -0.05) is 13.8 Å². The van der Waals surface area contributed by atoms with Crippen LogP contribution in [0, 0.1) is 5.92 Å². The van der Waals surface area contributed by atoms with Gasteiger partial charge in [-0.05, 0) is 32.9 Å². The van der Waals surface area contributed by atoms with E-state index >= 15 is 0 Å². The summed E-state index contributed by atoms with van der Waals surface area (Å²) in [7, 11) is 4.24. The minimum absolute atomic E-state index is 0.160. The van der Waals surface area contributed by atoms with Crippen LogP contribution in [0.25, 0.3) is 0 Å². The molecule has 1 heterocycles. The van der Waals surface area contributed by atoms with Crippen molar-refractivity contribution in [2.45, 2.75) is 38.3 Å². The minimum Gasteiger partial charge on any atom is -0.378 e. The zero-order valence-corrected chi connectivity index (χ0v) is 9.92. The number of likely N-dealkylation sites (N-methyl/N-ethyl adjacent to an activating group) is 1. The predicted octanol–water partition coefficient (Wildman–Crippen LogP) is 1.08. The molecule has 0 saturated carbocycles.